The number of aliphatic hydroxyl groups is 1. The van der Waals surface area contributed by atoms with Crippen LogP contribution in [0.3, 0.4) is 0 Å². The lowest BCUT2D eigenvalue weighted by molar-refractivity contribution is -0.145. The second-order valence-corrected chi connectivity index (χ2v) is 5.64. The molecule has 0 aromatic heterocycles. The minimum absolute atomic E-state index is 0.000394. The number of rotatable bonds is 7. The van der Waals surface area contributed by atoms with Crippen molar-refractivity contribution in [3.63, 3.8) is 0 Å². The lowest BCUT2D eigenvalue weighted by Gasteiger charge is -2.29. The van der Waals surface area contributed by atoms with Crippen LogP contribution in [0.15, 0.2) is 0 Å². The van der Waals surface area contributed by atoms with Crippen LogP contribution in [0, 0.1) is 5.92 Å². The number of hydrogen-bond donors (Lipinski definition) is 2. The number of alkyl halides is 3. The summed E-state index contributed by atoms with van der Waals surface area (Å²) < 4.78 is 41.9. The molecule has 0 spiro atoms. The fraction of sp³-hybridized carbons (Fsp3) is 1.00. The van der Waals surface area contributed by atoms with Crippen molar-refractivity contribution in [2.75, 3.05) is 39.9 Å². The Kier molecular flexibility index (Phi) is 7.22. The Morgan fingerprint density at radius 3 is 2.70 bits per heavy atom. The monoisotopic (exact) mass is 298 g/mol. The average Bonchev–Trinajstić information content (AvgIpc) is 2.34. The van der Waals surface area contributed by atoms with Gasteiger partial charge in [-0.2, -0.15) is 13.2 Å². The molecule has 0 aromatic carbocycles. The molecule has 0 aliphatic carbocycles. The van der Waals surface area contributed by atoms with E-state index in [1.165, 1.54) is 7.05 Å². The van der Waals surface area contributed by atoms with Crippen LogP contribution in [0.4, 0.5) is 13.2 Å². The molecule has 1 heterocycles. The third-order valence-electron chi connectivity index (χ3n) is 3.55. The SMILES string of the molecule is CC(NCC(O)CN(C)CC(F)(F)F)C1CCCOC1. The highest BCUT2D eigenvalue weighted by molar-refractivity contribution is 4.76. The molecule has 3 unspecified atom stereocenters. The van der Waals surface area contributed by atoms with E-state index in [9.17, 15) is 18.3 Å². The van der Waals surface area contributed by atoms with Crippen molar-refractivity contribution in [2.45, 2.75) is 38.1 Å². The predicted molar refractivity (Wildman–Crippen MR) is 70.6 cm³/mol. The van der Waals surface area contributed by atoms with E-state index in [-0.39, 0.29) is 12.6 Å². The third kappa shape index (κ3) is 7.42. The first kappa shape index (κ1) is 17.7. The number of hydrogen-bond acceptors (Lipinski definition) is 4. The van der Waals surface area contributed by atoms with Crippen molar-refractivity contribution >= 4 is 0 Å². The van der Waals surface area contributed by atoms with Gasteiger partial charge in [0.1, 0.15) is 0 Å². The van der Waals surface area contributed by atoms with E-state index in [2.05, 4.69) is 5.32 Å². The number of likely N-dealkylation sites (N-methyl/N-ethyl adjacent to an activating group) is 1. The second kappa shape index (κ2) is 8.17. The first-order chi connectivity index (χ1) is 9.28. The van der Waals surface area contributed by atoms with E-state index in [0.29, 0.717) is 19.1 Å². The minimum atomic E-state index is -4.23. The van der Waals surface area contributed by atoms with Gasteiger partial charge in [-0.15, -0.1) is 0 Å². The van der Waals surface area contributed by atoms with Crippen LogP contribution in [-0.4, -0.2) is 68.2 Å². The molecule has 4 nitrogen and oxygen atoms in total. The molecule has 1 rings (SSSR count). The van der Waals surface area contributed by atoms with Crippen LogP contribution >= 0.6 is 0 Å². The lowest BCUT2D eigenvalue weighted by atomic mass is 9.95. The van der Waals surface area contributed by atoms with Gasteiger partial charge in [0, 0.05) is 25.7 Å². The number of halogens is 3. The first-order valence-corrected chi connectivity index (χ1v) is 7.02. The number of nitrogens with one attached hydrogen (secondary N) is 1. The second-order valence-electron chi connectivity index (χ2n) is 5.64. The number of aliphatic hydroxyl groups excluding tert-OH is 1. The molecule has 1 fully saturated rings. The van der Waals surface area contributed by atoms with Crippen LogP contribution in [0.5, 0.6) is 0 Å². The predicted octanol–water partition coefficient (Wildman–Crippen LogP) is 1.25. The summed E-state index contributed by atoms with van der Waals surface area (Å²) in [5.41, 5.74) is 0. The topological polar surface area (TPSA) is 44.7 Å². The van der Waals surface area contributed by atoms with Gasteiger partial charge in [-0.25, -0.2) is 0 Å². The van der Waals surface area contributed by atoms with E-state index >= 15 is 0 Å². The summed E-state index contributed by atoms with van der Waals surface area (Å²) in [4.78, 5) is 1.08. The molecule has 3 atom stereocenters. The summed E-state index contributed by atoms with van der Waals surface area (Å²) in [6.45, 7) is 2.81. The van der Waals surface area contributed by atoms with Crippen LogP contribution in [0.25, 0.3) is 0 Å². The zero-order valence-electron chi connectivity index (χ0n) is 12.1. The molecule has 120 valence electrons. The van der Waals surface area contributed by atoms with Gasteiger partial charge in [0.2, 0.25) is 0 Å². The largest absolute Gasteiger partial charge is 0.401 e. The van der Waals surface area contributed by atoms with Crippen molar-refractivity contribution in [3.8, 4) is 0 Å². The van der Waals surface area contributed by atoms with Crippen molar-refractivity contribution in [2.24, 2.45) is 5.92 Å². The molecule has 0 aromatic rings. The summed E-state index contributed by atoms with van der Waals surface area (Å²) in [6.07, 6.45) is -2.92. The van der Waals surface area contributed by atoms with Gasteiger partial charge in [0.25, 0.3) is 0 Å². The van der Waals surface area contributed by atoms with E-state index in [4.69, 9.17) is 4.74 Å². The standard InChI is InChI=1S/C13H25F3N2O2/c1-10(11-4-3-5-20-8-11)17-6-12(19)7-18(2)9-13(14,15)16/h10-12,17,19H,3-9H2,1-2H3. The Hall–Kier alpha value is -0.370. The van der Waals surface area contributed by atoms with Gasteiger partial charge in [-0.05, 0) is 32.7 Å². The summed E-state index contributed by atoms with van der Waals surface area (Å²) in [5, 5.41) is 12.9. The molecule has 0 saturated carbocycles. The highest BCUT2D eigenvalue weighted by Gasteiger charge is 2.29. The summed E-state index contributed by atoms with van der Waals surface area (Å²) in [7, 11) is 1.36. The third-order valence-corrected chi connectivity index (χ3v) is 3.55. The van der Waals surface area contributed by atoms with E-state index in [0.717, 1.165) is 24.3 Å². The fourth-order valence-corrected chi connectivity index (χ4v) is 2.44. The quantitative estimate of drug-likeness (QED) is 0.742. The van der Waals surface area contributed by atoms with Crippen molar-refractivity contribution < 1.29 is 23.0 Å². The van der Waals surface area contributed by atoms with Crippen molar-refractivity contribution in [1.82, 2.24) is 10.2 Å². The Morgan fingerprint density at radius 1 is 1.45 bits per heavy atom. The molecule has 0 bridgehead atoms. The van der Waals surface area contributed by atoms with Crippen LogP contribution in [0.2, 0.25) is 0 Å². The molecule has 0 amide bonds. The van der Waals surface area contributed by atoms with E-state index in [1.54, 1.807) is 0 Å². The maximum absolute atomic E-state index is 12.2. The molecule has 1 aliphatic heterocycles. The van der Waals surface area contributed by atoms with E-state index in [1.807, 2.05) is 6.92 Å². The zero-order valence-corrected chi connectivity index (χ0v) is 12.1. The van der Waals surface area contributed by atoms with Crippen LogP contribution < -0.4 is 5.32 Å². The average molecular weight is 298 g/mol. The van der Waals surface area contributed by atoms with Gasteiger partial charge < -0.3 is 15.2 Å². The highest BCUT2D eigenvalue weighted by atomic mass is 19.4. The summed E-state index contributed by atoms with van der Waals surface area (Å²) in [6, 6.07) is 0.192. The maximum Gasteiger partial charge on any atom is 0.401 e. The van der Waals surface area contributed by atoms with Gasteiger partial charge in [0.05, 0.1) is 19.3 Å². The molecular formula is C13H25F3N2O2. The van der Waals surface area contributed by atoms with Gasteiger partial charge in [0.15, 0.2) is 0 Å². The molecule has 2 N–H and O–H groups in total. The Bertz CT molecular complexity index is 271. The number of ether oxygens (including phenoxy) is 1. The Balaban J connectivity index is 2.19. The fourth-order valence-electron chi connectivity index (χ4n) is 2.44. The Labute approximate surface area is 118 Å². The molecule has 20 heavy (non-hydrogen) atoms. The summed E-state index contributed by atoms with van der Waals surface area (Å²) >= 11 is 0. The molecular weight excluding hydrogens is 273 g/mol. The molecule has 7 heteroatoms. The molecule has 1 saturated heterocycles. The smallest absolute Gasteiger partial charge is 0.390 e. The van der Waals surface area contributed by atoms with Gasteiger partial charge in [-0.1, -0.05) is 0 Å². The van der Waals surface area contributed by atoms with Crippen molar-refractivity contribution in [1.29, 1.82) is 0 Å². The van der Waals surface area contributed by atoms with Crippen LogP contribution in [0.1, 0.15) is 19.8 Å². The number of nitrogens with zero attached hydrogens (tertiary/aromatic N) is 1. The van der Waals surface area contributed by atoms with Crippen molar-refractivity contribution in [3.05, 3.63) is 0 Å². The minimum Gasteiger partial charge on any atom is -0.390 e. The normalized spacial score (nSPS) is 23.9. The van der Waals surface area contributed by atoms with E-state index < -0.39 is 18.8 Å². The lowest BCUT2D eigenvalue weighted by Crippen LogP contribution is -2.45. The molecule has 1 aliphatic rings. The first-order valence-electron chi connectivity index (χ1n) is 7.02. The van der Waals surface area contributed by atoms with Gasteiger partial charge >= 0.3 is 6.18 Å². The Morgan fingerprint density at radius 2 is 2.15 bits per heavy atom. The highest BCUT2D eigenvalue weighted by Crippen LogP contribution is 2.17. The summed E-state index contributed by atoms with van der Waals surface area (Å²) in [5.74, 6) is 0.406. The zero-order chi connectivity index (χ0) is 15.2. The maximum atomic E-state index is 12.2. The van der Waals surface area contributed by atoms with Gasteiger partial charge in [-0.3, -0.25) is 4.90 Å². The molecule has 0 radical (unpaired) electrons. The van der Waals surface area contributed by atoms with Crippen LogP contribution in [-0.2, 0) is 4.74 Å².